The summed E-state index contributed by atoms with van der Waals surface area (Å²) in [5, 5.41) is 18.4. The molecule has 6 nitrogen and oxygen atoms in total. The molecule has 0 aromatic heterocycles. The molecule has 1 fully saturated rings. The summed E-state index contributed by atoms with van der Waals surface area (Å²) in [6.07, 6.45) is -0.641. The first-order valence-electron chi connectivity index (χ1n) is 5.29. The van der Waals surface area contributed by atoms with Crippen molar-refractivity contribution < 1.29 is 19.8 Å². The van der Waals surface area contributed by atoms with Gasteiger partial charge in [0, 0.05) is 26.1 Å². The molecule has 1 heterocycles. The van der Waals surface area contributed by atoms with E-state index in [1.807, 2.05) is 13.8 Å². The predicted octanol–water partition coefficient (Wildman–Crippen LogP) is -0.0336. The van der Waals surface area contributed by atoms with Crippen LogP contribution >= 0.6 is 0 Å². The highest BCUT2D eigenvalue weighted by molar-refractivity contribution is 5.83. The molecule has 0 bridgehead atoms. The first-order chi connectivity index (χ1) is 7.34. The Kier molecular flexibility index (Phi) is 3.74. The molecule has 2 amide bonds. The SMILES string of the molecule is CC(C)N(C)C(=O)N1CC(O)C[C@H]1C(=O)O. The fourth-order valence-corrected chi connectivity index (χ4v) is 1.68. The maximum Gasteiger partial charge on any atom is 0.326 e. The van der Waals surface area contributed by atoms with Gasteiger partial charge in [0.15, 0.2) is 0 Å². The van der Waals surface area contributed by atoms with Crippen molar-refractivity contribution in [3.05, 3.63) is 0 Å². The number of hydrogen-bond donors (Lipinski definition) is 2. The van der Waals surface area contributed by atoms with E-state index in [2.05, 4.69) is 0 Å². The van der Waals surface area contributed by atoms with Crippen LogP contribution in [0.4, 0.5) is 4.79 Å². The molecule has 2 atom stereocenters. The number of urea groups is 1. The number of likely N-dealkylation sites (tertiary alicyclic amines) is 1. The minimum atomic E-state index is -1.07. The van der Waals surface area contributed by atoms with Crippen molar-refractivity contribution in [1.29, 1.82) is 0 Å². The van der Waals surface area contributed by atoms with E-state index >= 15 is 0 Å². The van der Waals surface area contributed by atoms with E-state index in [9.17, 15) is 14.7 Å². The number of carbonyl (C=O) groups excluding carboxylic acids is 1. The molecule has 2 N–H and O–H groups in total. The van der Waals surface area contributed by atoms with Gasteiger partial charge in [-0.3, -0.25) is 0 Å². The highest BCUT2D eigenvalue weighted by Crippen LogP contribution is 2.20. The fourth-order valence-electron chi connectivity index (χ4n) is 1.68. The Morgan fingerprint density at radius 3 is 2.44 bits per heavy atom. The summed E-state index contributed by atoms with van der Waals surface area (Å²) in [7, 11) is 1.62. The average Bonchev–Trinajstić information content (AvgIpc) is 2.58. The number of aliphatic hydroxyl groups excluding tert-OH is 1. The number of amides is 2. The summed E-state index contributed by atoms with van der Waals surface area (Å²) in [6, 6.07) is -1.26. The zero-order chi connectivity index (χ0) is 12.5. The molecular weight excluding hydrogens is 212 g/mol. The number of carboxylic acid groups (broad SMARTS) is 1. The van der Waals surface area contributed by atoms with E-state index in [4.69, 9.17) is 5.11 Å². The largest absolute Gasteiger partial charge is 0.480 e. The molecule has 1 aliphatic heterocycles. The van der Waals surface area contributed by atoms with E-state index in [0.29, 0.717) is 0 Å². The van der Waals surface area contributed by atoms with Gasteiger partial charge in [-0.25, -0.2) is 9.59 Å². The van der Waals surface area contributed by atoms with Crippen molar-refractivity contribution in [3.63, 3.8) is 0 Å². The molecule has 6 heteroatoms. The Hall–Kier alpha value is -1.30. The topological polar surface area (TPSA) is 81.1 Å². The first kappa shape index (κ1) is 12.8. The van der Waals surface area contributed by atoms with Crippen LogP contribution in [0, 0.1) is 0 Å². The number of nitrogens with zero attached hydrogens (tertiary/aromatic N) is 2. The van der Waals surface area contributed by atoms with Crippen LogP contribution in [0.3, 0.4) is 0 Å². The Morgan fingerprint density at radius 1 is 1.44 bits per heavy atom. The summed E-state index contributed by atoms with van der Waals surface area (Å²) < 4.78 is 0. The molecule has 16 heavy (non-hydrogen) atoms. The second-order valence-electron chi connectivity index (χ2n) is 4.38. The molecule has 1 aliphatic rings. The molecule has 0 spiro atoms. The van der Waals surface area contributed by atoms with Crippen LogP contribution < -0.4 is 0 Å². The van der Waals surface area contributed by atoms with Crippen molar-refractivity contribution in [2.24, 2.45) is 0 Å². The average molecular weight is 230 g/mol. The van der Waals surface area contributed by atoms with Gasteiger partial charge in [-0.05, 0) is 13.8 Å². The molecule has 0 aromatic rings. The van der Waals surface area contributed by atoms with Gasteiger partial charge in [-0.1, -0.05) is 0 Å². The monoisotopic (exact) mass is 230 g/mol. The van der Waals surface area contributed by atoms with E-state index in [-0.39, 0.29) is 25.0 Å². The highest BCUT2D eigenvalue weighted by Gasteiger charge is 2.40. The number of carbonyl (C=O) groups is 2. The molecule has 0 aromatic carbocycles. The van der Waals surface area contributed by atoms with Crippen LogP contribution in [-0.4, -0.2) is 63.8 Å². The van der Waals surface area contributed by atoms with Gasteiger partial charge in [0.05, 0.1) is 6.10 Å². The molecule has 0 saturated carbocycles. The summed E-state index contributed by atoms with van der Waals surface area (Å²) in [6.45, 7) is 3.78. The third-order valence-corrected chi connectivity index (χ3v) is 2.89. The smallest absolute Gasteiger partial charge is 0.326 e. The van der Waals surface area contributed by atoms with Crippen molar-refractivity contribution in [2.75, 3.05) is 13.6 Å². The summed E-state index contributed by atoms with van der Waals surface area (Å²) in [4.78, 5) is 25.5. The van der Waals surface area contributed by atoms with E-state index in [1.165, 1.54) is 9.80 Å². The van der Waals surface area contributed by atoms with E-state index in [0.717, 1.165) is 0 Å². The standard InChI is InChI=1S/C10H18N2O4/c1-6(2)11(3)10(16)12-5-7(13)4-8(12)9(14)15/h6-8,13H,4-5H2,1-3H3,(H,14,15)/t7?,8-/m0/s1. The Labute approximate surface area is 94.4 Å². The number of hydrogen-bond acceptors (Lipinski definition) is 3. The molecule has 92 valence electrons. The van der Waals surface area contributed by atoms with Crippen molar-refractivity contribution in [2.45, 2.75) is 38.5 Å². The zero-order valence-electron chi connectivity index (χ0n) is 9.75. The quantitative estimate of drug-likeness (QED) is 0.697. The Bertz CT molecular complexity index is 293. The van der Waals surface area contributed by atoms with Gasteiger partial charge in [0.25, 0.3) is 0 Å². The second-order valence-corrected chi connectivity index (χ2v) is 4.38. The van der Waals surface area contributed by atoms with Crippen LogP contribution in [0.2, 0.25) is 0 Å². The normalized spacial score (nSPS) is 24.9. The van der Waals surface area contributed by atoms with Gasteiger partial charge in [-0.15, -0.1) is 0 Å². The minimum absolute atomic E-state index is 0.000289. The lowest BCUT2D eigenvalue weighted by Gasteiger charge is -2.29. The third kappa shape index (κ3) is 2.44. The molecule has 1 unspecified atom stereocenters. The number of rotatable bonds is 2. The van der Waals surface area contributed by atoms with Crippen molar-refractivity contribution in [3.8, 4) is 0 Å². The lowest BCUT2D eigenvalue weighted by molar-refractivity contribution is -0.141. The van der Waals surface area contributed by atoms with Gasteiger partial charge in [0.1, 0.15) is 6.04 Å². The van der Waals surface area contributed by atoms with Crippen LogP contribution in [-0.2, 0) is 4.79 Å². The number of carboxylic acids is 1. The van der Waals surface area contributed by atoms with Crippen molar-refractivity contribution in [1.82, 2.24) is 9.80 Å². The second kappa shape index (κ2) is 4.69. The van der Waals surface area contributed by atoms with E-state index in [1.54, 1.807) is 7.05 Å². The third-order valence-electron chi connectivity index (χ3n) is 2.89. The lowest BCUT2D eigenvalue weighted by atomic mass is 10.2. The molecule has 0 radical (unpaired) electrons. The Morgan fingerprint density at radius 2 is 2.00 bits per heavy atom. The van der Waals surface area contributed by atoms with Crippen molar-refractivity contribution >= 4 is 12.0 Å². The zero-order valence-corrected chi connectivity index (χ0v) is 9.75. The molecule has 1 saturated heterocycles. The van der Waals surface area contributed by atoms with Gasteiger partial charge in [-0.2, -0.15) is 0 Å². The minimum Gasteiger partial charge on any atom is -0.480 e. The van der Waals surface area contributed by atoms with Gasteiger partial charge in [0.2, 0.25) is 0 Å². The van der Waals surface area contributed by atoms with Crippen LogP contribution in [0.1, 0.15) is 20.3 Å². The van der Waals surface area contributed by atoms with Crippen LogP contribution in [0.25, 0.3) is 0 Å². The Balaban J connectivity index is 2.78. The van der Waals surface area contributed by atoms with Crippen LogP contribution in [0.15, 0.2) is 0 Å². The lowest BCUT2D eigenvalue weighted by Crippen LogP contribution is -2.48. The van der Waals surface area contributed by atoms with Gasteiger partial charge >= 0.3 is 12.0 Å². The summed E-state index contributed by atoms with van der Waals surface area (Å²) in [5.41, 5.74) is 0. The van der Waals surface area contributed by atoms with E-state index < -0.39 is 18.1 Å². The summed E-state index contributed by atoms with van der Waals surface area (Å²) in [5.74, 6) is -1.07. The van der Waals surface area contributed by atoms with Crippen LogP contribution in [0.5, 0.6) is 0 Å². The number of β-amino-alcohol motifs (C(OH)–C–C–N with tert-alkyl or cyclic N) is 1. The first-order valence-corrected chi connectivity index (χ1v) is 5.29. The molecule has 1 rings (SSSR count). The predicted molar refractivity (Wildman–Crippen MR) is 57.0 cm³/mol. The molecule has 0 aliphatic carbocycles. The van der Waals surface area contributed by atoms with Gasteiger partial charge < -0.3 is 20.0 Å². The maximum atomic E-state index is 11.9. The maximum absolute atomic E-state index is 11.9. The molecular formula is C10H18N2O4. The highest BCUT2D eigenvalue weighted by atomic mass is 16.4. The number of aliphatic hydroxyl groups is 1. The summed E-state index contributed by atoms with van der Waals surface area (Å²) >= 11 is 0. The fraction of sp³-hybridized carbons (Fsp3) is 0.800. The number of aliphatic carboxylic acids is 1.